The van der Waals surface area contributed by atoms with Crippen LogP contribution in [0.3, 0.4) is 0 Å². The zero-order chi connectivity index (χ0) is 11.4. The van der Waals surface area contributed by atoms with Gasteiger partial charge in [0.2, 0.25) is 0 Å². The van der Waals surface area contributed by atoms with Gasteiger partial charge in [0.15, 0.2) is 0 Å². The summed E-state index contributed by atoms with van der Waals surface area (Å²) in [6.07, 6.45) is 0.964. The Morgan fingerprint density at radius 3 is 3.00 bits per heavy atom. The molecule has 0 spiro atoms. The second kappa shape index (κ2) is 4.88. The van der Waals surface area contributed by atoms with Crippen molar-refractivity contribution in [1.29, 1.82) is 0 Å². The summed E-state index contributed by atoms with van der Waals surface area (Å²) in [7, 11) is 0. The van der Waals surface area contributed by atoms with Crippen LogP contribution in [0.1, 0.15) is 13.3 Å². The first-order valence-corrected chi connectivity index (χ1v) is 5.60. The van der Waals surface area contributed by atoms with Gasteiger partial charge in [0.05, 0.1) is 12.3 Å². The molecule has 2 rings (SSSR count). The van der Waals surface area contributed by atoms with Gasteiger partial charge in [-0.2, -0.15) is 0 Å². The molecule has 1 aliphatic rings. The number of hydrogen-bond acceptors (Lipinski definition) is 2. The lowest BCUT2D eigenvalue weighted by Crippen LogP contribution is -2.46. The second-order valence-electron chi connectivity index (χ2n) is 3.64. The average Bonchev–Trinajstić information content (AvgIpc) is 2.31. The number of hydrogen-bond donors (Lipinski definition) is 1. The molecule has 1 aromatic rings. The first-order chi connectivity index (χ1) is 7.83. The number of rotatable bonds is 3. The lowest BCUT2D eigenvalue weighted by Gasteiger charge is -2.28. The number of carbonyl (C=O) groups excluding carboxylic acids is 1. The molecule has 86 valence electrons. The maximum absolute atomic E-state index is 11.7. The number of benzene rings is 1. The molecule has 4 heteroatoms. The highest BCUT2D eigenvalue weighted by molar-refractivity contribution is 5.94. The van der Waals surface area contributed by atoms with Crippen molar-refractivity contribution in [1.82, 2.24) is 5.32 Å². The van der Waals surface area contributed by atoms with Gasteiger partial charge in [-0.3, -0.25) is 4.90 Å². The molecule has 0 aliphatic carbocycles. The van der Waals surface area contributed by atoms with Crippen molar-refractivity contribution >= 4 is 11.7 Å². The smallest absolute Gasteiger partial charge is 0.321 e. The van der Waals surface area contributed by atoms with Gasteiger partial charge in [-0.15, -0.1) is 0 Å². The Kier molecular flexibility index (Phi) is 3.29. The van der Waals surface area contributed by atoms with E-state index in [1.54, 1.807) is 4.90 Å². The van der Waals surface area contributed by atoms with E-state index < -0.39 is 0 Å². The van der Waals surface area contributed by atoms with Gasteiger partial charge in [-0.05, 0) is 25.5 Å². The van der Waals surface area contributed by atoms with Crippen molar-refractivity contribution in [3.63, 3.8) is 0 Å². The minimum absolute atomic E-state index is 0.0431. The third-order valence-corrected chi connectivity index (χ3v) is 2.54. The van der Waals surface area contributed by atoms with E-state index in [4.69, 9.17) is 4.74 Å². The summed E-state index contributed by atoms with van der Waals surface area (Å²) in [6, 6.07) is 7.59. The highest BCUT2D eigenvalue weighted by Gasteiger charge is 2.21. The topological polar surface area (TPSA) is 41.6 Å². The van der Waals surface area contributed by atoms with Crippen molar-refractivity contribution in [2.75, 3.05) is 24.6 Å². The molecule has 1 aliphatic heterocycles. The predicted octanol–water partition coefficient (Wildman–Crippen LogP) is 2.00. The fourth-order valence-corrected chi connectivity index (χ4v) is 1.82. The Labute approximate surface area is 95.2 Å². The van der Waals surface area contributed by atoms with Gasteiger partial charge in [-0.1, -0.05) is 12.1 Å². The quantitative estimate of drug-likeness (QED) is 0.846. The zero-order valence-electron chi connectivity index (χ0n) is 9.40. The maximum Gasteiger partial charge on any atom is 0.321 e. The highest BCUT2D eigenvalue weighted by atomic mass is 16.5. The summed E-state index contributed by atoms with van der Waals surface area (Å²) in [4.78, 5) is 13.4. The molecule has 0 aromatic heterocycles. The van der Waals surface area contributed by atoms with Crippen LogP contribution in [0, 0.1) is 0 Å². The Morgan fingerprint density at radius 1 is 1.44 bits per heavy atom. The maximum atomic E-state index is 11.7. The van der Waals surface area contributed by atoms with E-state index in [-0.39, 0.29) is 6.03 Å². The van der Waals surface area contributed by atoms with Crippen LogP contribution in [-0.4, -0.2) is 25.7 Å². The summed E-state index contributed by atoms with van der Waals surface area (Å²) in [6.45, 7) is 4.04. The van der Waals surface area contributed by atoms with Crippen LogP contribution < -0.4 is 15.0 Å². The van der Waals surface area contributed by atoms with E-state index in [0.717, 1.165) is 30.9 Å². The monoisotopic (exact) mass is 220 g/mol. The molecular formula is C12H16N2O2. The zero-order valence-corrected chi connectivity index (χ0v) is 9.40. The Morgan fingerprint density at radius 2 is 2.25 bits per heavy atom. The fourth-order valence-electron chi connectivity index (χ4n) is 1.82. The van der Waals surface area contributed by atoms with Crippen LogP contribution in [0.4, 0.5) is 10.5 Å². The molecule has 1 saturated heterocycles. The van der Waals surface area contributed by atoms with Crippen LogP contribution in [0.2, 0.25) is 0 Å². The molecule has 0 unspecified atom stereocenters. The van der Waals surface area contributed by atoms with Crippen molar-refractivity contribution in [2.24, 2.45) is 0 Å². The van der Waals surface area contributed by atoms with E-state index in [1.807, 2.05) is 31.2 Å². The van der Waals surface area contributed by atoms with E-state index in [1.165, 1.54) is 0 Å². The summed E-state index contributed by atoms with van der Waals surface area (Å²) in [5, 5.41) is 2.83. The number of nitrogens with zero attached hydrogens (tertiary/aromatic N) is 1. The SMILES string of the molecule is CCOc1ccccc1N1CCCNC1=O. The number of ether oxygens (including phenoxy) is 1. The van der Waals surface area contributed by atoms with Gasteiger partial charge < -0.3 is 10.1 Å². The molecule has 4 nitrogen and oxygen atoms in total. The van der Waals surface area contributed by atoms with E-state index in [0.29, 0.717) is 6.61 Å². The number of para-hydroxylation sites is 2. The molecule has 1 heterocycles. The van der Waals surface area contributed by atoms with E-state index >= 15 is 0 Å². The molecule has 1 fully saturated rings. The Hall–Kier alpha value is -1.71. The molecule has 0 saturated carbocycles. The van der Waals surface area contributed by atoms with Crippen molar-refractivity contribution < 1.29 is 9.53 Å². The van der Waals surface area contributed by atoms with E-state index in [2.05, 4.69) is 5.32 Å². The van der Waals surface area contributed by atoms with Gasteiger partial charge in [0.25, 0.3) is 0 Å². The largest absolute Gasteiger partial charge is 0.492 e. The Bertz CT molecular complexity index is 379. The molecule has 2 amide bonds. The summed E-state index contributed by atoms with van der Waals surface area (Å²) < 4.78 is 5.52. The van der Waals surface area contributed by atoms with Gasteiger partial charge in [0.1, 0.15) is 5.75 Å². The highest BCUT2D eigenvalue weighted by Crippen LogP contribution is 2.28. The lowest BCUT2D eigenvalue weighted by atomic mass is 10.2. The van der Waals surface area contributed by atoms with E-state index in [9.17, 15) is 4.79 Å². The number of urea groups is 1. The van der Waals surface area contributed by atoms with Crippen LogP contribution in [0.15, 0.2) is 24.3 Å². The van der Waals surface area contributed by atoms with Crippen molar-refractivity contribution in [3.8, 4) is 5.75 Å². The van der Waals surface area contributed by atoms with Crippen molar-refractivity contribution in [2.45, 2.75) is 13.3 Å². The normalized spacial score (nSPS) is 15.8. The second-order valence-corrected chi connectivity index (χ2v) is 3.64. The minimum Gasteiger partial charge on any atom is -0.492 e. The first-order valence-electron chi connectivity index (χ1n) is 5.60. The van der Waals surface area contributed by atoms with Crippen LogP contribution in [0.5, 0.6) is 5.75 Å². The lowest BCUT2D eigenvalue weighted by molar-refractivity contribution is 0.242. The minimum atomic E-state index is -0.0431. The number of nitrogens with one attached hydrogen (secondary N) is 1. The van der Waals surface area contributed by atoms with Crippen LogP contribution in [-0.2, 0) is 0 Å². The predicted molar refractivity (Wildman–Crippen MR) is 63.0 cm³/mol. The van der Waals surface area contributed by atoms with Crippen LogP contribution in [0.25, 0.3) is 0 Å². The number of anilines is 1. The molecule has 16 heavy (non-hydrogen) atoms. The average molecular weight is 220 g/mol. The molecule has 0 radical (unpaired) electrons. The van der Waals surface area contributed by atoms with Gasteiger partial charge in [0, 0.05) is 13.1 Å². The molecule has 1 aromatic carbocycles. The molecular weight excluding hydrogens is 204 g/mol. The van der Waals surface area contributed by atoms with Crippen LogP contribution >= 0.6 is 0 Å². The third-order valence-electron chi connectivity index (χ3n) is 2.54. The molecule has 0 bridgehead atoms. The van der Waals surface area contributed by atoms with Gasteiger partial charge in [-0.25, -0.2) is 4.79 Å². The molecule has 1 N–H and O–H groups in total. The Balaban J connectivity index is 2.27. The van der Waals surface area contributed by atoms with Crippen molar-refractivity contribution in [3.05, 3.63) is 24.3 Å². The standard InChI is InChI=1S/C12H16N2O2/c1-2-16-11-7-4-3-6-10(11)14-9-5-8-13-12(14)15/h3-4,6-7H,2,5,8-9H2,1H3,(H,13,15). The van der Waals surface area contributed by atoms with Gasteiger partial charge >= 0.3 is 6.03 Å². The fraction of sp³-hybridized carbons (Fsp3) is 0.417. The number of carbonyl (C=O) groups is 1. The summed E-state index contributed by atoms with van der Waals surface area (Å²) in [5.41, 5.74) is 0.849. The third kappa shape index (κ3) is 2.10. The summed E-state index contributed by atoms with van der Waals surface area (Å²) in [5.74, 6) is 0.766. The summed E-state index contributed by atoms with van der Waals surface area (Å²) >= 11 is 0. The number of amides is 2. The first kappa shape index (κ1) is 10.8. The molecule has 0 atom stereocenters.